The molecular formula is C56H37N3. The first-order valence-electron chi connectivity index (χ1n) is 20.1. The van der Waals surface area contributed by atoms with Crippen LogP contribution < -0.4 is 4.90 Å². The minimum atomic E-state index is 0.887. The third-order valence-electron chi connectivity index (χ3n) is 11.4. The summed E-state index contributed by atoms with van der Waals surface area (Å²) in [6, 6.07) is 79.8. The summed E-state index contributed by atoms with van der Waals surface area (Å²) < 4.78 is 0. The van der Waals surface area contributed by atoms with Crippen LogP contribution in [0.15, 0.2) is 224 Å². The highest BCUT2D eigenvalue weighted by Crippen LogP contribution is 2.48. The van der Waals surface area contributed by atoms with Crippen molar-refractivity contribution in [1.82, 2.24) is 9.97 Å². The quantitative estimate of drug-likeness (QED) is 0.152. The molecule has 59 heavy (non-hydrogen) atoms. The summed E-state index contributed by atoms with van der Waals surface area (Å²) in [5, 5.41) is 6.80. The van der Waals surface area contributed by atoms with Crippen molar-refractivity contribution in [1.29, 1.82) is 0 Å². The highest BCUT2D eigenvalue weighted by atomic mass is 15.1. The number of para-hydroxylation sites is 4. The van der Waals surface area contributed by atoms with Crippen LogP contribution in [-0.2, 0) is 0 Å². The Bertz CT molecular complexity index is 3250. The number of hydrogen-bond acceptors (Lipinski definition) is 3. The standard InChI is InChI=1S/C56H37N3/c1-5-18-38(19-6-1)39-32-34-40(35-33-39)49-37-51(57-50-31-16-15-28-46(49)50)47-29-17-30-48-53-45-27-14-13-22-42(45)36-52(54(53)55(58-56(47)48)41-20-7-2-8-21-41)59(43-23-9-3-10-24-43)44-25-11-4-12-26-44/h1-37H. The number of hydrogen-bond donors (Lipinski definition) is 0. The third-order valence-corrected chi connectivity index (χ3v) is 11.4. The zero-order chi connectivity index (χ0) is 39.1. The van der Waals surface area contributed by atoms with Crippen LogP contribution in [0.25, 0.3) is 88.1 Å². The van der Waals surface area contributed by atoms with Crippen molar-refractivity contribution < 1.29 is 0 Å². The van der Waals surface area contributed by atoms with Gasteiger partial charge in [0.25, 0.3) is 0 Å². The first kappa shape index (κ1) is 34.4. The number of nitrogens with zero attached hydrogens (tertiary/aromatic N) is 3. The zero-order valence-electron chi connectivity index (χ0n) is 32.2. The number of pyridine rings is 2. The number of aromatic nitrogens is 2. The van der Waals surface area contributed by atoms with Crippen LogP contribution in [-0.4, -0.2) is 9.97 Å². The van der Waals surface area contributed by atoms with Crippen LogP contribution in [0.5, 0.6) is 0 Å². The molecule has 3 heteroatoms. The lowest BCUT2D eigenvalue weighted by atomic mass is 9.91. The molecule has 0 saturated carbocycles. The van der Waals surface area contributed by atoms with E-state index in [1.165, 1.54) is 16.5 Å². The predicted molar refractivity (Wildman–Crippen MR) is 248 cm³/mol. The summed E-state index contributed by atoms with van der Waals surface area (Å²) in [4.78, 5) is 13.5. The molecule has 2 heterocycles. The normalized spacial score (nSPS) is 11.4. The van der Waals surface area contributed by atoms with Crippen molar-refractivity contribution in [2.45, 2.75) is 0 Å². The molecule has 9 aromatic carbocycles. The SMILES string of the molecule is c1ccc(-c2ccc(-c3cc(-c4cccc5c4nc(-c4ccccc4)c4c(N(c6ccccc6)c6ccccc6)cc6ccccc6c45)nc4ccccc34)cc2)cc1. The topological polar surface area (TPSA) is 29.0 Å². The van der Waals surface area contributed by atoms with Gasteiger partial charge in [0.15, 0.2) is 0 Å². The van der Waals surface area contributed by atoms with Gasteiger partial charge in [0.1, 0.15) is 0 Å². The van der Waals surface area contributed by atoms with E-state index in [0.717, 1.165) is 88.7 Å². The molecule has 0 atom stereocenters. The molecule has 0 amide bonds. The van der Waals surface area contributed by atoms with Crippen LogP contribution in [0.2, 0.25) is 0 Å². The molecule has 0 bridgehead atoms. The molecule has 0 aliphatic heterocycles. The monoisotopic (exact) mass is 751 g/mol. The fourth-order valence-electron chi connectivity index (χ4n) is 8.68. The van der Waals surface area contributed by atoms with Crippen molar-refractivity contribution in [3.8, 4) is 44.8 Å². The molecule has 0 aliphatic rings. The van der Waals surface area contributed by atoms with E-state index in [2.05, 4.69) is 229 Å². The van der Waals surface area contributed by atoms with Crippen LogP contribution in [0.1, 0.15) is 0 Å². The molecule has 11 aromatic rings. The van der Waals surface area contributed by atoms with E-state index in [0.29, 0.717) is 0 Å². The van der Waals surface area contributed by atoms with Crippen molar-refractivity contribution in [3.05, 3.63) is 224 Å². The summed E-state index contributed by atoms with van der Waals surface area (Å²) in [5.41, 5.74) is 13.6. The van der Waals surface area contributed by atoms with Crippen molar-refractivity contribution in [3.63, 3.8) is 0 Å². The minimum Gasteiger partial charge on any atom is -0.310 e. The van der Waals surface area contributed by atoms with Gasteiger partial charge >= 0.3 is 0 Å². The zero-order valence-corrected chi connectivity index (χ0v) is 32.2. The molecule has 2 aromatic heterocycles. The van der Waals surface area contributed by atoms with E-state index < -0.39 is 0 Å². The van der Waals surface area contributed by atoms with E-state index >= 15 is 0 Å². The first-order chi connectivity index (χ1) is 29.3. The van der Waals surface area contributed by atoms with Gasteiger partial charge in [-0.2, -0.15) is 0 Å². The molecule has 0 saturated heterocycles. The molecule has 0 aliphatic carbocycles. The molecule has 3 nitrogen and oxygen atoms in total. The third kappa shape index (κ3) is 6.08. The minimum absolute atomic E-state index is 0.887. The van der Waals surface area contributed by atoms with Crippen molar-refractivity contribution >= 4 is 60.4 Å². The number of anilines is 3. The van der Waals surface area contributed by atoms with Gasteiger partial charge < -0.3 is 4.90 Å². The summed E-state index contributed by atoms with van der Waals surface area (Å²) in [6.45, 7) is 0. The van der Waals surface area contributed by atoms with Gasteiger partial charge in [-0.05, 0) is 75.5 Å². The maximum Gasteiger partial charge on any atom is 0.0810 e. The van der Waals surface area contributed by atoms with Gasteiger partial charge in [0, 0.05) is 44.0 Å². The number of fused-ring (bicyclic) bond motifs is 6. The smallest absolute Gasteiger partial charge is 0.0810 e. The van der Waals surface area contributed by atoms with Gasteiger partial charge in [0.2, 0.25) is 0 Å². The van der Waals surface area contributed by atoms with Gasteiger partial charge in [-0.1, -0.05) is 182 Å². The Morgan fingerprint density at radius 1 is 0.339 bits per heavy atom. The molecule has 0 N–H and O–H groups in total. The Labute approximate surface area is 343 Å². The summed E-state index contributed by atoms with van der Waals surface area (Å²) in [5.74, 6) is 0. The van der Waals surface area contributed by atoms with Crippen molar-refractivity contribution in [2.24, 2.45) is 0 Å². The first-order valence-corrected chi connectivity index (χ1v) is 20.1. The molecular weight excluding hydrogens is 715 g/mol. The number of benzene rings is 9. The Morgan fingerprint density at radius 3 is 1.58 bits per heavy atom. The number of rotatable bonds is 7. The molecule has 0 radical (unpaired) electrons. The Hall–Kier alpha value is -7.88. The predicted octanol–water partition coefficient (Wildman–Crippen LogP) is 15.2. The van der Waals surface area contributed by atoms with E-state index in [1.54, 1.807) is 0 Å². The summed E-state index contributed by atoms with van der Waals surface area (Å²) in [6.07, 6.45) is 0. The van der Waals surface area contributed by atoms with E-state index in [1.807, 2.05) is 0 Å². The summed E-state index contributed by atoms with van der Waals surface area (Å²) in [7, 11) is 0. The average Bonchev–Trinajstić information content (AvgIpc) is 3.32. The highest BCUT2D eigenvalue weighted by Gasteiger charge is 2.24. The van der Waals surface area contributed by atoms with E-state index in [-0.39, 0.29) is 0 Å². The Kier molecular flexibility index (Phi) is 8.49. The lowest BCUT2D eigenvalue weighted by Crippen LogP contribution is -2.11. The lowest BCUT2D eigenvalue weighted by molar-refractivity contribution is 1.30. The molecule has 0 spiro atoms. The highest BCUT2D eigenvalue weighted by molar-refractivity contribution is 6.28. The van der Waals surface area contributed by atoms with Gasteiger partial charge in [-0.15, -0.1) is 0 Å². The second-order valence-electron chi connectivity index (χ2n) is 14.9. The fraction of sp³-hybridized carbons (Fsp3) is 0. The van der Waals surface area contributed by atoms with Crippen LogP contribution in [0.4, 0.5) is 17.1 Å². The fourth-order valence-corrected chi connectivity index (χ4v) is 8.68. The lowest BCUT2D eigenvalue weighted by Gasteiger charge is -2.28. The maximum atomic E-state index is 5.75. The Balaban J connectivity index is 1.22. The largest absolute Gasteiger partial charge is 0.310 e. The van der Waals surface area contributed by atoms with Crippen molar-refractivity contribution in [2.75, 3.05) is 4.90 Å². The van der Waals surface area contributed by atoms with E-state index in [9.17, 15) is 0 Å². The van der Waals surface area contributed by atoms with Gasteiger partial charge in [0.05, 0.1) is 28.1 Å². The second-order valence-corrected chi connectivity index (χ2v) is 14.9. The van der Waals surface area contributed by atoms with Crippen LogP contribution in [0.3, 0.4) is 0 Å². The molecule has 276 valence electrons. The van der Waals surface area contributed by atoms with Gasteiger partial charge in [-0.25, -0.2) is 9.97 Å². The van der Waals surface area contributed by atoms with E-state index in [4.69, 9.17) is 9.97 Å². The molecule has 0 fully saturated rings. The van der Waals surface area contributed by atoms with Gasteiger partial charge in [-0.3, -0.25) is 0 Å². The summed E-state index contributed by atoms with van der Waals surface area (Å²) >= 11 is 0. The van der Waals surface area contributed by atoms with Crippen LogP contribution >= 0.6 is 0 Å². The second kappa shape index (κ2) is 14.6. The maximum absolute atomic E-state index is 5.75. The molecule has 11 rings (SSSR count). The Morgan fingerprint density at radius 2 is 0.881 bits per heavy atom. The average molecular weight is 752 g/mol. The van der Waals surface area contributed by atoms with Crippen LogP contribution in [0, 0.1) is 0 Å². The molecule has 0 unspecified atom stereocenters.